The van der Waals surface area contributed by atoms with Crippen LogP contribution in [0.4, 0.5) is 11.4 Å². The van der Waals surface area contributed by atoms with Crippen LogP contribution in [-0.4, -0.2) is 15.9 Å². The molecule has 0 radical (unpaired) electrons. The van der Waals surface area contributed by atoms with E-state index in [1.165, 1.54) is 6.20 Å². The molecule has 1 aromatic rings. The molecule has 1 saturated carbocycles. The van der Waals surface area contributed by atoms with Gasteiger partial charge in [0.15, 0.2) is 0 Å². The second kappa shape index (κ2) is 5.55. The fourth-order valence-electron chi connectivity index (χ4n) is 3.86. The lowest BCUT2D eigenvalue weighted by Gasteiger charge is -2.45. The first-order valence-corrected chi connectivity index (χ1v) is 7.93. The lowest BCUT2D eigenvalue weighted by atomic mass is 9.63. The summed E-state index contributed by atoms with van der Waals surface area (Å²) in [6, 6.07) is 0.223. The maximum atomic E-state index is 11.2. The zero-order valence-corrected chi connectivity index (χ0v) is 14.5. The van der Waals surface area contributed by atoms with Crippen molar-refractivity contribution in [1.82, 2.24) is 4.98 Å². The quantitative estimate of drug-likeness (QED) is 0.626. The van der Waals surface area contributed by atoms with Crippen molar-refractivity contribution in [2.75, 3.05) is 5.32 Å². The predicted molar refractivity (Wildman–Crippen MR) is 87.4 cm³/mol. The molecule has 0 unspecified atom stereocenters. The molecular formula is C15H22BrN3O2. The molecule has 0 bridgehead atoms. The van der Waals surface area contributed by atoms with Gasteiger partial charge in [-0.1, -0.05) is 27.7 Å². The molecule has 1 N–H and O–H groups in total. The molecule has 1 aromatic heterocycles. The van der Waals surface area contributed by atoms with Crippen LogP contribution in [0.3, 0.4) is 0 Å². The average Bonchev–Trinajstić information content (AvgIpc) is 2.27. The Labute approximate surface area is 133 Å². The van der Waals surface area contributed by atoms with Crippen molar-refractivity contribution in [1.29, 1.82) is 0 Å². The molecule has 1 aliphatic carbocycles. The van der Waals surface area contributed by atoms with Gasteiger partial charge in [-0.3, -0.25) is 15.1 Å². The van der Waals surface area contributed by atoms with Crippen molar-refractivity contribution < 1.29 is 4.92 Å². The molecule has 1 aliphatic rings. The Balaban J connectivity index is 2.28. The topological polar surface area (TPSA) is 68.1 Å². The number of aromatic nitrogens is 1. The number of hydrogen-bond acceptors (Lipinski definition) is 4. The van der Waals surface area contributed by atoms with Crippen molar-refractivity contribution >= 4 is 27.3 Å². The summed E-state index contributed by atoms with van der Waals surface area (Å²) in [5, 5.41) is 14.6. The largest absolute Gasteiger partial charge is 0.376 e. The summed E-state index contributed by atoms with van der Waals surface area (Å²) in [7, 11) is 0. The Morgan fingerprint density at radius 3 is 2.38 bits per heavy atom. The van der Waals surface area contributed by atoms with E-state index in [-0.39, 0.29) is 27.5 Å². The van der Waals surface area contributed by atoms with Crippen LogP contribution in [0.2, 0.25) is 0 Å². The molecule has 2 rings (SSSR count). The van der Waals surface area contributed by atoms with Crippen molar-refractivity contribution in [3.63, 3.8) is 0 Å². The van der Waals surface area contributed by atoms with Crippen molar-refractivity contribution in [3.05, 3.63) is 27.0 Å². The summed E-state index contributed by atoms with van der Waals surface area (Å²) >= 11 is 3.37. The van der Waals surface area contributed by atoms with Gasteiger partial charge in [-0.2, -0.15) is 0 Å². The number of nitrogens with one attached hydrogen (secondary N) is 1. The molecule has 6 heteroatoms. The highest BCUT2D eigenvalue weighted by Gasteiger charge is 2.39. The summed E-state index contributed by atoms with van der Waals surface area (Å²) in [6.07, 6.45) is 6.06. The Kier molecular flexibility index (Phi) is 4.29. The van der Waals surface area contributed by atoms with E-state index in [9.17, 15) is 10.1 Å². The first kappa shape index (κ1) is 16.2. The minimum absolute atomic E-state index is 0.0190. The smallest absolute Gasteiger partial charge is 0.311 e. The average molecular weight is 356 g/mol. The van der Waals surface area contributed by atoms with Crippen LogP contribution in [0.5, 0.6) is 0 Å². The molecule has 0 saturated heterocycles. The number of nitrogens with zero attached hydrogens (tertiary/aromatic N) is 2. The molecule has 5 nitrogen and oxygen atoms in total. The number of halogens is 1. The Bertz CT molecular complexity index is 542. The molecule has 0 aromatic carbocycles. The van der Waals surface area contributed by atoms with Crippen LogP contribution in [0.15, 0.2) is 16.9 Å². The minimum Gasteiger partial charge on any atom is -0.376 e. The lowest BCUT2D eigenvalue weighted by Crippen LogP contribution is -2.40. The first-order chi connectivity index (χ1) is 9.60. The fourth-order valence-corrected chi connectivity index (χ4v) is 4.29. The van der Waals surface area contributed by atoms with E-state index in [1.807, 2.05) is 0 Å². The van der Waals surface area contributed by atoms with Crippen molar-refractivity contribution in [3.8, 4) is 0 Å². The van der Waals surface area contributed by atoms with Gasteiger partial charge < -0.3 is 5.32 Å². The molecule has 0 spiro atoms. The Hall–Kier alpha value is -1.17. The van der Waals surface area contributed by atoms with E-state index in [1.54, 1.807) is 6.20 Å². The molecule has 0 atom stereocenters. The number of rotatable bonds is 3. The molecule has 0 amide bonds. The van der Waals surface area contributed by atoms with E-state index in [2.05, 4.69) is 53.9 Å². The van der Waals surface area contributed by atoms with E-state index in [0.717, 1.165) is 19.3 Å². The third kappa shape index (κ3) is 3.93. The van der Waals surface area contributed by atoms with Crippen LogP contribution in [0, 0.1) is 20.9 Å². The minimum atomic E-state index is -0.390. The van der Waals surface area contributed by atoms with Crippen molar-refractivity contribution in [2.45, 2.75) is 53.0 Å². The standard InChI is InChI=1S/C15H22BrN3O2/c1-14(2)5-10(6-15(3,4)9-14)18-13-11(16)7-17-8-12(13)19(20)21/h7-8,10H,5-6,9H2,1-4H3,(H,17,18). The Morgan fingerprint density at radius 2 is 1.86 bits per heavy atom. The third-order valence-corrected chi connectivity index (χ3v) is 4.58. The maximum absolute atomic E-state index is 11.2. The predicted octanol–water partition coefficient (Wildman–Crippen LogP) is 4.77. The van der Waals surface area contributed by atoms with Crippen LogP contribution >= 0.6 is 15.9 Å². The summed E-state index contributed by atoms with van der Waals surface area (Å²) in [4.78, 5) is 14.7. The van der Waals surface area contributed by atoms with E-state index >= 15 is 0 Å². The van der Waals surface area contributed by atoms with Crippen LogP contribution in [0.25, 0.3) is 0 Å². The number of anilines is 1. The zero-order valence-electron chi connectivity index (χ0n) is 12.9. The van der Waals surface area contributed by atoms with Gasteiger partial charge in [0.1, 0.15) is 11.9 Å². The number of pyridine rings is 1. The zero-order chi connectivity index (χ0) is 15.8. The molecule has 21 heavy (non-hydrogen) atoms. The van der Waals surface area contributed by atoms with Gasteiger partial charge in [0.2, 0.25) is 0 Å². The Morgan fingerprint density at radius 1 is 1.29 bits per heavy atom. The molecular weight excluding hydrogens is 334 g/mol. The van der Waals surface area contributed by atoms with Gasteiger partial charge in [-0.05, 0) is 46.0 Å². The van der Waals surface area contributed by atoms with E-state index in [4.69, 9.17) is 0 Å². The molecule has 1 heterocycles. The first-order valence-electron chi connectivity index (χ1n) is 7.14. The molecule has 0 aliphatic heterocycles. The van der Waals surface area contributed by atoms with Crippen LogP contribution in [-0.2, 0) is 0 Å². The highest BCUT2D eigenvalue weighted by Crippen LogP contribution is 2.47. The van der Waals surface area contributed by atoms with Gasteiger partial charge in [0.25, 0.3) is 0 Å². The summed E-state index contributed by atoms with van der Waals surface area (Å²) < 4.78 is 0.637. The van der Waals surface area contributed by atoms with Gasteiger partial charge >= 0.3 is 5.69 Å². The summed E-state index contributed by atoms with van der Waals surface area (Å²) in [6.45, 7) is 9.05. The van der Waals surface area contributed by atoms with Gasteiger partial charge in [0, 0.05) is 12.2 Å². The fraction of sp³-hybridized carbons (Fsp3) is 0.667. The second-order valence-corrected chi connectivity index (χ2v) is 8.38. The SMILES string of the molecule is CC1(C)CC(Nc2c(Br)cncc2[N+](=O)[O-])CC(C)(C)C1. The van der Waals surface area contributed by atoms with Crippen molar-refractivity contribution in [2.24, 2.45) is 10.8 Å². The monoisotopic (exact) mass is 355 g/mol. The lowest BCUT2D eigenvalue weighted by molar-refractivity contribution is -0.384. The van der Waals surface area contributed by atoms with Crippen LogP contribution < -0.4 is 5.32 Å². The van der Waals surface area contributed by atoms with Gasteiger partial charge in [-0.15, -0.1) is 0 Å². The number of hydrogen-bond donors (Lipinski definition) is 1. The number of nitro groups is 1. The summed E-state index contributed by atoms with van der Waals surface area (Å²) in [5.41, 5.74) is 1.01. The normalized spacial score (nSPS) is 21.0. The summed E-state index contributed by atoms with van der Waals surface area (Å²) in [5.74, 6) is 0. The highest BCUT2D eigenvalue weighted by atomic mass is 79.9. The molecule has 1 fully saturated rings. The molecule has 116 valence electrons. The second-order valence-electron chi connectivity index (χ2n) is 7.53. The van der Waals surface area contributed by atoms with Gasteiger partial charge in [0.05, 0.1) is 9.40 Å². The van der Waals surface area contributed by atoms with E-state index < -0.39 is 0 Å². The van der Waals surface area contributed by atoms with Gasteiger partial charge in [-0.25, -0.2) is 0 Å². The van der Waals surface area contributed by atoms with E-state index in [0.29, 0.717) is 10.2 Å². The maximum Gasteiger partial charge on any atom is 0.311 e. The highest BCUT2D eigenvalue weighted by molar-refractivity contribution is 9.10. The third-order valence-electron chi connectivity index (χ3n) is 3.98. The van der Waals surface area contributed by atoms with Crippen LogP contribution in [0.1, 0.15) is 47.0 Å².